The van der Waals surface area contributed by atoms with Crippen LogP contribution >= 0.6 is 0 Å². The molecule has 1 heterocycles. The Morgan fingerprint density at radius 2 is 2.31 bits per heavy atom. The third-order valence-electron chi connectivity index (χ3n) is 2.92. The number of rotatable bonds is 5. The second kappa shape index (κ2) is 5.12. The summed E-state index contributed by atoms with van der Waals surface area (Å²) in [6, 6.07) is 7.71. The standard InChI is InChI=1S/C13H17NO2/c1-16-13-4-2-3-10(7-13)5-12(15)6-11-8-14-9-11/h2-4,7,11,14H,5-6,8-9H2,1H3. The summed E-state index contributed by atoms with van der Waals surface area (Å²) >= 11 is 0. The molecule has 1 aliphatic rings. The maximum atomic E-state index is 11.7. The molecule has 0 saturated carbocycles. The molecule has 0 aliphatic carbocycles. The number of nitrogens with one attached hydrogen (secondary N) is 1. The van der Waals surface area contributed by atoms with Crippen molar-refractivity contribution >= 4 is 5.78 Å². The Morgan fingerprint density at radius 3 is 2.94 bits per heavy atom. The van der Waals surface area contributed by atoms with E-state index in [0.29, 0.717) is 24.5 Å². The zero-order valence-corrected chi connectivity index (χ0v) is 9.53. The first kappa shape index (κ1) is 11.1. The van der Waals surface area contributed by atoms with Crippen LogP contribution in [0.25, 0.3) is 0 Å². The Morgan fingerprint density at radius 1 is 1.50 bits per heavy atom. The number of hydrogen-bond donors (Lipinski definition) is 1. The molecule has 3 heteroatoms. The average molecular weight is 219 g/mol. The van der Waals surface area contributed by atoms with Crippen molar-refractivity contribution in [1.82, 2.24) is 5.32 Å². The van der Waals surface area contributed by atoms with Crippen LogP contribution in [-0.4, -0.2) is 26.0 Å². The minimum Gasteiger partial charge on any atom is -0.497 e. The van der Waals surface area contributed by atoms with Crippen LogP contribution in [0.2, 0.25) is 0 Å². The van der Waals surface area contributed by atoms with Gasteiger partial charge in [0.1, 0.15) is 11.5 Å². The van der Waals surface area contributed by atoms with Gasteiger partial charge in [0, 0.05) is 12.8 Å². The molecule has 2 rings (SSSR count). The van der Waals surface area contributed by atoms with Crippen LogP contribution in [0, 0.1) is 5.92 Å². The van der Waals surface area contributed by atoms with Gasteiger partial charge in [-0.3, -0.25) is 4.79 Å². The Labute approximate surface area is 95.8 Å². The Hall–Kier alpha value is -1.35. The number of Topliss-reactive ketones (excluding diaryl/α,β-unsaturated/α-hetero) is 1. The number of carbonyl (C=O) groups is 1. The zero-order chi connectivity index (χ0) is 11.4. The van der Waals surface area contributed by atoms with E-state index in [9.17, 15) is 4.79 Å². The van der Waals surface area contributed by atoms with E-state index in [-0.39, 0.29) is 0 Å². The van der Waals surface area contributed by atoms with Crippen LogP contribution in [-0.2, 0) is 11.2 Å². The van der Waals surface area contributed by atoms with Crippen molar-refractivity contribution in [2.45, 2.75) is 12.8 Å². The van der Waals surface area contributed by atoms with E-state index in [2.05, 4.69) is 5.32 Å². The zero-order valence-electron chi connectivity index (χ0n) is 9.53. The molecule has 1 aromatic rings. The number of ketones is 1. The van der Waals surface area contributed by atoms with Gasteiger partial charge >= 0.3 is 0 Å². The van der Waals surface area contributed by atoms with Gasteiger partial charge in [0.15, 0.2) is 0 Å². The van der Waals surface area contributed by atoms with Crippen LogP contribution < -0.4 is 10.1 Å². The van der Waals surface area contributed by atoms with Crippen LogP contribution in [0.3, 0.4) is 0 Å². The van der Waals surface area contributed by atoms with Crippen LogP contribution in [0.5, 0.6) is 5.75 Å². The molecule has 0 spiro atoms. The smallest absolute Gasteiger partial charge is 0.137 e. The lowest BCUT2D eigenvalue weighted by atomic mass is 9.94. The molecule has 0 radical (unpaired) electrons. The highest BCUT2D eigenvalue weighted by atomic mass is 16.5. The number of carbonyl (C=O) groups excluding carboxylic acids is 1. The number of ether oxygens (including phenoxy) is 1. The maximum Gasteiger partial charge on any atom is 0.137 e. The van der Waals surface area contributed by atoms with Crippen molar-refractivity contribution in [1.29, 1.82) is 0 Å². The fraction of sp³-hybridized carbons (Fsp3) is 0.462. The average Bonchev–Trinajstić information content (AvgIpc) is 2.24. The topological polar surface area (TPSA) is 38.3 Å². The summed E-state index contributed by atoms with van der Waals surface area (Å²) in [5.74, 6) is 1.69. The normalized spacial score (nSPS) is 15.6. The first-order chi connectivity index (χ1) is 7.78. The molecule has 1 aromatic carbocycles. The molecule has 1 N–H and O–H groups in total. The van der Waals surface area contributed by atoms with Crippen molar-refractivity contribution in [3.63, 3.8) is 0 Å². The predicted octanol–water partition coefficient (Wildman–Crippen LogP) is 1.42. The Balaban J connectivity index is 1.89. The van der Waals surface area contributed by atoms with Gasteiger partial charge in [-0.1, -0.05) is 12.1 Å². The van der Waals surface area contributed by atoms with Gasteiger partial charge in [-0.15, -0.1) is 0 Å². The molecule has 0 atom stereocenters. The van der Waals surface area contributed by atoms with Gasteiger partial charge in [-0.2, -0.15) is 0 Å². The summed E-state index contributed by atoms with van der Waals surface area (Å²) in [4.78, 5) is 11.7. The molecule has 86 valence electrons. The molecular weight excluding hydrogens is 202 g/mol. The fourth-order valence-corrected chi connectivity index (χ4v) is 1.90. The van der Waals surface area contributed by atoms with Gasteiger partial charge in [0.05, 0.1) is 7.11 Å². The number of methoxy groups -OCH3 is 1. The summed E-state index contributed by atoms with van der Waals surface area (Å²) < 4.78 is 5.13. The van der Waals surface area contributed by atoms with E-state index < -0.39 is 0 Å². The predicted molar refractivity (Wildman–Crippen MR) is 62.7 cm³/mol. The van der Waals surface area contributed by atoms with Gasteiger partial charge in [0.25, 0.3) is 0 Å². The molecule has 3 nitrogen and oxygen atoms in total. The van der Waals surface area contributed by atoms with Crippen molar-refractivity contribution in [3.05, 3.63) is 29.8 Å². The fourth-order valence-electron chi connectivity index (χ4n) is 1.90. The number of hydrogen-bond acceptors (Lipinski definition) is 3. The molecule has 1 fully saturated rings. The van der Waals surface area contributed by atoms with Crippen LogP contribution in [0.4, 0.5) is 0 Å². The summed E-state index contributed by atoms with van der Waals surface area (Å²) in [5.41, 5.74) is 1.04. The van der Waals surface area contributed by atoms with E-state index in [4.69, 9.17) is 4.74 Å². The molecule has 0 unspecified atom stereocenters. The molecule has 1 saturated heterocycles. The maximum absolute atomic E-state index is 11.7. The third kappa shape index (κ3) is 2.83. The van der Waals surface area contributed by atoms with E-state index >= 15 is 0 Å². The van der Waals surface area contributed by atoms with E-state index in [1.54, 1.807) is 7.11 Å². The van der Waals surface area contributed by atoms with E-state index in [1.807, 2.05) is 24.3 Å². The Kier molecular flexibility index (Phi) is 3.57. The van der Waals surface area contributed by atoms with E-state index in [1.165, 1.54) is 0 Å². The summed E-state index contributed by atoms with van der Waals surface area (Å²) in [6.45, 7) is 1.98. The first-order valence-corrected chi connectivity index (χ1v) is 5.63. The van der Waals surface area contributed by atoms with Crippen LogP contribution in [0.15, 0.2) is 24.3 Å². The van der Waals surface area contributed by atoms with E-state index in [0.717, 1.165) is 24.4 Å². The summed E-state index contributed by atoms with van der Waals surface area (Å²) in [6.07, 6.45) is 1.22. The highest BCUT2D eigenvalue weighted by Crippen LogP contribution is 2.15. The molecule has 0 aromatic heterocycles. The lowest BCUT2D eigenvalue weighted by Gasteiger charge is -2.26. The van der Waals surface area contributed by atoms with Crippen molar-refractivity contribution < 1.29 is 9.53 Å². The summed E-state index contributed by atoms with van der Waals surface area (Å²) in [7, 11) is 1.64. The molecule has 16 heavy (non-hydrogen) atoms. The molecule has 0 bridgehead atoms. The first-order valence-electron chi connectivity index (χ1n) is 5.63. The van der Waals surface area contributed by atoms with Gasteiger partial charge < -0.3 is 10.1 Å². The monoisotopic (exact) mass is 219 g/mol. The second-order valence-electron chi connectivity index (χ2n) is 4.30. The molecule has 0 amide bonds. The largest absolute Gasteiger partial charge is 0.497 e. The highest BCUT2D eigenvalue weighted by molar-refractivity contribution is 5.81. The van der Waals surface area contributed by atoms with Crippen LogP contribution in [0.1, 0.15) is 12.0 Å². The van der Waals surface area contributed by atoms with Gasteiger partial charge in [-0.05, 0) is 36.7 Å². The summed E-state index contributed by atoms with van der Waals surface area (Å²) in [5, 5.41) is 3.18. The highest BCUT2D eigenvalue weighted by Gasteiger charge is 2.19. The number of benzene rings is 1. The lowest BCUT2D eigenvalue weighted by Crippen LogP contribution is -2.43. The minimum absolute atomic E-state index is 0.319. The van der Waals surface area contributed by atoms with Gasteiger partial charge in [-0.25, -0.2) is 0 Å². The molecule has 1 aliphatic heterocycles. The van der Waals surface area contributed by atoms with Gasteiger partial charge in [0.2, 0.25) is 0 Å². The minimum atomic E-state index is 0.319. The quantitative estimate of drug-likeness (QED) is 0.814. The van der Waals surface area contributed by atoms with Crippen molar-refractivity contribution in [2.75, 3.05) is 20.2 Å². The third-order valence-corrected chi connectivity index (χ3v) is 2.92. The lowest BCUT2D eigenvalue weighted by molar-refractivity contribution is -0.119. The SMILES string of the molecule is COc1cccc(CC(=O)CC2CNC2)c1. The second-order valence-corrected chi connectivity index (χ2v) is 4.30. The Bertz CT molecular complexity index is 372. The van der Waals surface area contributed by atoms with Crippen molar-refractivity contribution in [2.24, 2.45) is 5.92 Å². The van der Waals surface area contributed by atoms with Crippen molar-refractivity contribution in [3.8, 4) is 5.75 Å². The molecular formula is C13H17NO2.